The predicted molar refractivity (Wildman–Crippen MR) is 252 cm³/mol. The number of nitrogens with zero attached hydrogens (tertiary/aromatic N) is 2. The first-order chi connectivity index (χ1) is 29.7. The summed E-state index contributed by atoms with van der Waals surface area (Å²) < 4.78 is 13.4. The van der Waals surface area contributed by atoms with Crippen LogP contribution in [-0.4, -0.2) is 9.13 Å². The van der Waals surface area contributed by atoms with Crippen molar-refractivity contribution in [2.24, 2.45) is 0 Å². The van der Waals surface area contributed by atoms with E-state index in [9.17, 15) is 4.79 Å². The van der Waals surface area contributed by atoms with Gasteiger partial charge in [0.25, 0.3) is 0 Å². The van der Waals surface area contributed by atoms with Gasteiger partial charge < -0.3 is 13.6 Å². The minimum Gasteiger partial charge on any atom is -0.422 e. The van der Waals surface area contributed by atoms with Crippen LogP contribution in [0.5, 0.6) is 0 Å². The van der Waals surface area contributed by atoms with Crippen molar-refractivity contribution in [1.82, 2.24) is 9.13 Å². The topological polar surface area (TPSA) is 40.1 Å². The molecule has 0 amide bonds. The molecule has 0 aliphatic heterocycles. The summed E-state index contributed by atoms with van der Waals surface area (Å²) in [5.74, 6) is 0. The van der Waals surface area contributed by atoms with E-state index < -0.39 is 0 Å². The fourth-order valence-corrected chi connectivity index (χ4v) is 10.8. The van der Waals surface area contributed by atoms with Crippen LogP contribution in [0.1, 0.15) is 0 Å². The monoisotopic (exact) mass is 784 g/mol. The maximum absolute atomic E-state index is 13.8. The highest BCUT2D eigenvalue weighted by atomic mass is 32.1. The van der Waals surface area contributed by atoms with Crippen molar-refractivity contribution in [3.63, 3.8) is 0 Å². The molecule has 0 fully saturated rings. The Morgan fingerprint density at radius 3 is 1.72 bits per heavy atom. The molecule has 0 radical (unpaired) electrons. The summed E-state index contributed by atoms with van der Waals surface area (Å²) in [6.07, 6.45) is 0. The van der Waals surface area contributed by atoms with E-state index in [4.69, 9.17) is 4.42 Å². The Balaban J connectivity index is 0.991. The second-order valence-corrected chi connectivity index (χ2v) is 16.7. The van der Waals surface area contributed by atoms with Crippen molar-refractivity contribution in [2.45, 2.75) is 0 Å². The molecular formula is C55H32N2O2S. The first-order valence-corrected chi connectivity index (χ1v) is 21.0. The molecule has 4 aromatic heterocycles. The van der Waals surface area contributed by atoms with Crippen LogP contribution in [0.25, 0.3) is 119 Å². The van der Waals surface area contributed by atoms with Crippen molar-refractivity contribution < 1.29 is 4.42 Å². The molecule has 0 unspecified atom stereocenters. The molecule has 0 spiro atoms. The molecule has 60 heavy (non-hydrogen) atoms. The fourth-order valence-electron chi connectivity index (χ4n) is 9.67. The highest BCUT2D eigenvalue weighted by Crippen LogP contribution is 2.43. The number of para-hydroxylation sites is 3. The van der Waals surface area contributed by atoms with Crippen LogP contribution in [0.2, 0.25) is 0 Å². The predicted octanol–water partition coefficient (Wildman–Crippen LogP) is 14.8. The SMILES string of the molecule is O=c1oc2cc(-c3ccc4c(c3)c3cc5c(cc3n4-c3ccccc3)c3ccccc3n5-c3ccccc3)ccc2c2ccc(-c3cccc4sc5ccccc5c34)cc12. The van der Waals surface area contributed by atoms with Gasteiger partial charge in [-0.3, -0.25) is 0 Å². The molecule has 13 aromatic rings. The van der Waals surface area contributed by atoms with E-state index in [1.807, 2.05) is 12.1 Å². The molecular weight excluding hydrogens is 753 g/mol. The largest absolute Gasteiger partial charge is 0.422 e. The summed E-state index contributed by atoms with van der Waals surface area (Å²) in [5.41, 5.74) is 11.3. The van der Waals surface area contributed by atoms with E-state index >= 15 is 0 Å². The Hall–Kier alpha value is -7.73. The van der Waals surface area contributed by atoms with Crippen molar-refractivity contribution in [3.8, 4) is 33.6 Å². The lowest BCUT2D eigenvalue weighted by atomic mass is 9.96. The van der Waals surface area contributed by atoms with Gasteiger partial charge in [0.15, 0.2) is 0 Å². The molecule has 0 atom stereocenters. The maximum Gasteiger partial charge on any atom is 0.344 e. The standard InChI is InChI=1S/C55H32N2O2S/c58-55-46-29-35(38-18-11-21-53-54(38)42-17-8-10-20-52(42)60-53)23-25-39(46)41-26-22-34(30-51(41)59-55)33-24-27-48-43(28-33)45-32-49-44(31-50(45)57(48)37-14-5-2-6-15-37)40-16-7-9-19-47(40)56(49)36-12-3-1-4-13-36/h1-32H. The maximum atomic E-state index is 13.8. The Morgan fingerprint density at radius 2 is 0.933 bits per heavy atom. The van der Waals surface area contributed by atoms with Gasteiger partial charge >= 0.3 is 5.63 Å². The minimum atomic E-state index is -0.335. The van der Waals surface area contributed by atoms with E-state index in [2.05, 4.69) is 191 Å². The van der Waals surface area contributed by atoms with Crippen molar-refractivity contribution in [3.05, 3.63) is 205 Å². The molecule has 13 rings (SSSR count). The van der Waals surface area contributed by atoms with E-state index in [0.29, 0.717) is 11.0 Å². The van der Waals surface area contributed by atoms with Gasteiger partial charge in [-0.25, -0.2) is 4.79 Å². The van der Waals surface area contributed by atoms with Crippen LogP contribution >= 0.6 is 11.3 Å². The van der Waals surface area contributed by atoms with Gasteiger partial charge in [-0.05, 0) is 113 Å². The Bertz CT molecular complexity index is 3960. The zero-order valence-electron chi connectivity index (χ0n) is 32.1. The van der Waals surface area contributed by atoms with Crippen LogP contribution < -0.4 is 5.63 Å². The van der Waals surface area contributed by atoms with Crippen molar-refractivity contribution in [2.75, 3.05) is 0 Å². The molecule has 4 nitrogen and oxygen atoms in total. The third-order valence-electron chi connectivity index (χ3n) is 12.3. The average molecular weight is 785 g/mol. The van der Waals surface area contributed by atoms with Crippen molar-refractivity contribution >= 4 is 96.9 Å². The summed E-state index contributed by atoms with van der Waals surface area (Å²) in [6, 6.07) is 68.8. The van der Waals surface area contributed by atoms with Gasteiger partial charge in [0, 0.05) is 58.5 Å². The number of rotatable bonds is 4. The number of fused-ring (bicyclic) bond motifs is 12. The molecule has 0 aliphatic carbocycles. The summed E-state index contributed by atoms with van der Waals surface area (Å²) in [7, 11) is 0. The zero-order chi connectivity index (χ0) is 39.5. The number of benzene rings is 9. The van der Waals surface area contributed by atoms with Crippen molar-refractivity contribution in [1.29, 1.82) is 0 Å². The molecule has 280 valence electrons. The lowest BCUT2D eigenvalue weighted by Crippen LogP contribution is -2.00. The van der Waals surface area contributed by atoms with E-state index in [1.165, 1.54) is 41.8 Å². The molecule has 4 heterocycles. The lowest BCUT2D eigenvalue weighted by molar-refractivity contribution is 0.570. The zero-order valence-corrected chi connectivity index (χ0v) is 32.9. The molecule has 0 N–H and O–H groups in total. The first-order valence-electron chi connectivity index (χ1n) is 20.2. The lowest BCUT2D eigenvalue weighted by Gasteiger charge is -2.10. The normalized spacial score (nSPS) is 12.1. The van der Waals surface area contributed by atoms with Gasteiger partial charge in [0.05, 0.1) is 27.5 Å². The summed E-state index contributed by atoms with van der Waals surface area (Å²) in [4.78, 5) is 13.8. The van der Waals surface area contributed by atoms with Crippen LogP contribution in [0.15, 0.2) is 203 Å². The Kier molecular flexibility index (Phi) is 7.00. The highest BCUT2D eigenvalue weighted by molar-refractivity contribution is 7.25. The molecule has 0 aliphatic rings. The van der Waals surface area contributed by atoms with Crippen LogP contribution in [0.3, 0.4) is 0 Å². The summed E-state index contributed by atoms with van der Waals surface area (Å²) in [6.45, 7) is 0. The number of hydrogen-bond acceptors (Lipinski definition) is 3. The van der Waals surface area contributed by atoms with E-state index in [1.54, 1.807) is 11.3 Å². The van der Waals surface area contributed by atoms with Crippen LogP contribution in [0, 0.1) is 0 Å². The van der Waals surface area contributed by atoms with Gasteiger partial charge in [0.1, 0.15) is 5.58 Å². The van der Waals surface area contributed by atoms with Gasteiger partial charge in [0.2, 0.25) is 0 Å². The molecule has 5 heteroatoms. The average Bonchev–Trinajstić information content (AvgIpc) is 3.95. The fraction of sp³-hybridized carbons (Fsp3) is 0. The second-order valence-electron chi connectivity index (χ2n) is 15.6. The Labute approximate surface area is 347 Å². The number of thiophene rings is 1. The second kappa shape index (κ2) is 12.6. The van der Waals surface area contributed by atoms with E-state index in [-0.39, 0.29) is 5.63 Å². The third-order valence-corrected chi connectivity index (χ3v) is 13.5. The number of aromatic nitrogens is 2. The molecule has 0 bridgehead atoms. The third kappa shape index (κ3) is 4.81. The van der Waals surface area contributed by atoms with Gasteiger partial charge in [-0.1, -0.05) is 109 Å². The van der Waals surface area contributed by atoms with Crippen LogP contribution in [0.4, 0.5) is 0 Å². The quantitative estimate of drug-likeness (QED) is 0.132. The smallest absolute Gasteiger partial charge is 0.344 e. The van der Waals surface area contributed by atoms with Gasteiger partial charge in [-0.15, -0.1) is 11.3 Å². The first kappa shape index (κ1) is 33.3. The van der Waals surface area contributed by atoms with Crippen LogP contribution in [-0.2, 0) is 0 Å². The molecule has 9 aromatic carbocycles. The summed E-state index contributed by atoms with van der Waals surface area (Å²) in [5, 5.41) is 9.59. The highest BCUT2D eigenvalue weighted by Gasteiger charge is 2.20. The molecule has 0 saturated heterocycles. The molecule has 0 saturated carbocycles. The van der Waals surface area contributed by atoms with E-state index in [0.717, 1.165) is 66.3 Å². The summed E-state index contributed by atoms with van der Waals surface area (Å²) >= 11 is 1.80. The number of hydrogen-bond donors (Lipinski definition) is 0. The Morgan fingerprint density at radius 1 is 0.367 bits per heavy atom. The minimum absolute atomic E-state index is 0.335. The van der Waals surface area contributed by atoms with Gasteiger partial charge in [-0.2, -0.15) is 0 Å².